The molecule has 0 heterocycles. The number of carboxylic acids is 1. The first kappa shape index (κ1) is 21.1. The number of aliphatic carboxylic acids is 1. The third kappa shape index (κ3) is 4.32. The van der Waals surface area contributed by atoms with Gasteiger partial charge in [-0.15, -0.1) is 0 Å². The van der Waals surface area contributed by atoms with Crippen LogP contribution in [-0.4, -0.2) is 40.9 Å². The van der Waals surface area contributed by atoms with Gasteiger partial charge < -0.3 is 9.84 Å². The number of alkyl halides is 8. The molecule has 0 bridgehead atoms. The van der Waals surface area contributed by atoms with Gasteiger partial charge in [-0.1, -0.05) is 13.3 Å². The minimum Gasteiger partial charge on any atom is -0.478 e. The van der Waals surface area contributed by atoms with E-state index in [0.717, 1.165) is 6.92 Å². The Morgan fingerprint density at radius 3 is 1.83 bits per heavy atom. The molecule has 0 aliphatic heterocycles. The Morgan fingerprint density at radius 2 is 1.43 bits per heavy atom. The van der Waals surface area contributed by atoms with Gasteiger partial charge in [-0.05, 0) is 0 Å². The lowest BCUT2D eigenvalue weighted by Crippen LogP contribution is -2.63. The minimum absolute atomic E-state index is 0.111. The van der Waals surface area contributed by atoms with Gasteiger partial charge in [0.05, 0.1) is 0 Å². The summed E-state index contributed by atoms with van der Waals surface area (Å²) in [7, 11) is 0. The highest BCUT2D eigenvalue weighted by molar-refractivity contribution is 5.90. The van der Waals surface area contributed by atoms with Crippen molar-refractivity contribution in [3.05, 3.63) is 12.2 Å². The molecule has 0 radical (unpaired) electrons. The van der Waals surface area contributed by atoms with E-state index in [1.807, 2.05) is 0 Å². The molecular formula is C11H10F8O4. The fraction of sp³-hybridized carbons (Fsp3) is 0.636. The van der Waals surface area contributed by atoms with E-state index in [4.69, 9.17) is 5.11 Å². The lowest BCUT2D eigenvalue weighted by molar-refractivity contribution is -0.416. The van der Waals surface area contributed by atoms with Crippen LogP contribution in [0.3, 0.4) is 0 Å². The standard InChI is InChI=1S/C11H10F8O4/c1-2-5-8(12,13)9(14,15)10(16,17)11(18,19)23-7(22)4-3-6(20)21/h3-4H,2,5H2,1H3,(H,20,21)/b4-3+. The molecule has 4 nitrogen and oxygen atoms in total. The number of hydrogen-bond acceptors (Lipinski definition) is 3. The van der Waals surface area contributed by atoms with Crippen LogP contribution in [0.5, 0.6) is 0 Å². The summed E-state index contributed by atoms with van der Waals surface area (Å²) in [5.41, 5.74) is 0. The predicted octanol–water partition coefficient (Wildman–Crippen LogP) is 3.47. The van der Waals surface area contributed by atoms with Gasteiger partial charge in [0, 0.05) is 18.6 Å². The van der Waals surface area contributed by atoms with Crippen LogP contribution in [0.1, 0.15) is 19.8 Å². The first-order valence-corrected chi connectivity index (χ1v) is 5.77. The number of ether oxygens (including phenoxy) is 1. The fourth-order valence-electron chi connectivity index (χ4n) is 1.25. The van der Waals surface area contributed by atoms with Crippen molar-refractivity contribution in [1.29, 1.82) is 0 Å². The Bertz CT molecular complexity index is 486. The van der Waals surface area contributed by atoms with Crippen molar-refractivity contribution < 1.29 is 54.6 Å². The molecule has 0 saturated carbocycles. The molecule has 0 aliphatic carbocycles. The van der Waals surface area contributed by atoms with Crippen molar-refractivity contribution in [3.63, 3.8) is 0 Å². The predicted molar refractivity (Wildman–Crippen MR) is 57.6 cm³/mol. The molecule has 0 spiro atoms. The van der Waals surface area contributed by atoms with E-state index in [1.54, 1.807) is 0 Å². The van der Waals surface area contributed by atoms with Crippen molar-refractivity contribution in [2.24, 2.45) is 0 Å². The Morgan fingerprint density at radius 1 is 0.957 bits per heavy atom. The molecule has 0 saturated heterocycles. The average Bonchev–Trinajstić information content (AvgIpc) is 2.35. The third-order valence-corrected chi connectivity index (χ3v) is 2.37. The SMILES string of the molecule is CCCC(F)(F)C(F)(F)C(F)(F)C(F)(F)OC(=O)/C=C/C(=O)O. The third-order valence-electron chi connectivity index (χ3n) is 2.37. The average molecular weight is 358 g/mol. The summed E-state index contributed by atoms with van der Waals surface area (Å²) < 4.78 is 107. The lowest BCUT2D eigenvalue weighted by atomic mass is 9.99. The zero-order valence-electron chi connectivity index (χ0n) is 11.3. The lowest BCUT2D eigenvalue weighted by Gasteiger charge is -2.35. The zero-order chi connectivity index (χ0) is 18.7. The van der Waals surface area contributed by atoms with Gasteiger partial charge in [-0.2, -0.15) is 35.1 Å². The molecule has 0 aromatic rings. The molecule has 0 aromatic carbocycles. The molecule has 0 fully saturated rings. The van der Waals surface area contributed by atoms with Gasteiger partial charge in [-0.3, -0.25) is 0 Å². The van der Waals surface area contributed by atoms with Gasteiger partial charge in [0.2, 0.25) is 0 Å². The molecule has 0 rings (SSSR count). The van der Waals surface area contributed by atoms with Gasteiger partial charge in [0.25, 0.3) is 0 Å². The van der Waals surface area contributed by atoms with Crippen molar-refractivity contribution in [3.8, 4) is 0 Å². The molecule has 134 valence electrons. The highest BCUT2D eigenvalue weighted by Gasteiger charge is 2.82. The van der Waals surface area contributed by atoms with E-state index in [0.29, 0.717) is 0 Å². The number of esters is 1. The molecule has 0 unspecified atom stereocenters. The van der Waals surface area contributed by atoms with Crippen molar-refractivity contribution in [2.45, 2.75) is 43.6 Å². The maximum atomic E-state index is 13.2. The van der Waals surface area contributed by atoms with Crippen LogP contribution in [0.4, 0.5) is 35.1 Å². The van der Waals surface area contributed by atoms with Crippen LogP contribution in [0.2, 0.25) is 0 Å². The first-order valence-electron chi connectivity index (χ1n) is 5.77. The monoisotopic (exact) mass is 358 g/mol. The molecule has 0 amide bonds. The second kappa shape index (κ2) is 6.71. The van der Waals surface area contributed by atoms with Crippen molar-refractivity contribution in [1.82, 2.24) is 0 Å². The van der Waals surface area contributed by atoms with Crippen LogP contribution in [0, 0.1) is 0 Å². The second-order valence-electron chi connectivity index (χ2n) is 4.21. The summed E-state index contributed by atoms with van der Waals surface area (Å²) >= 11 is 0. The van der Waals surface area contributed by atoms with E-state index in [-0.39, 0.29) is 12.2 Å². The van der Waals surface area contributed by atoms with Gasteiger partial charge >= 0.3 is 35.8 Å². The highest BCUT2D eigenvalue weighted by atomic mass is 19.4. The van der Waals surface area contributed by atoms with E-state index in [9.17, 15) is 44.7 Å². The number of rotatable bonds is 8. The molecule has 1 N–H and O–H groups in total. The maximum absolute atomic E-state index is 13.2. The van der Waals surface area contributed by atoms with E-state index in [1.165, 1.54) is 0 Å². The smallest absolute Gasteiger partial charge is 0.473 e. The summed E-state index contributed by atoms with van der Waals surface area (Å²) in [6, 6.07) is 0. The molecule has 0 atom stereocenters. The number of hydrogen-bond donors (Lipinski definition) is 1. The molecule has 12 heteroatoms. The van der Waals surface area contributed by atoms with Gasteiger partial charge in [-0.25, -0.2) is 9.59 Å². The Labute approximate surface area is 123 Å². The topological polar surface area (TPSA) is 63.6 Å². The van der Waals surface area contributed by atoms with E-state index in [2.05, 4.69) is 4.74 Å². The first-order chi connectivity index (χ1) is 10.1. The summed E-state index contributed by atoms with van der Waals surface area (Å²) in [4.78, 5) is 20.7. The summed E-state index contributed by atoms with van der Waals surface area (Å²) in [6.07, 6.45) is -9.24. The van der Waals surface area contributed by atoms with Gasteiger partial charge in [0.1, 0.15) is 0 Å². The van der Waals surface area contributed by atoms with Crippen LogP contribution in [0.15, 0.2) is 12.2 Å². The number of carbonyl (C=O) groups excluding carboxylic acids is 1. The number of halogens is 8. The van der Waals surface area contributed by atoms with Crippen molar-refractivity contribution >= 4 is 11.9 Å². The Balaban J connectivity index is 5.52. The largest absolute Gasteiger partial charge is 0.478 e. The van der Waals surface area contributed by atoms with Crippen molar-refractivity contribution in [2.75, 3.05) is 0 Å². The highest BCUT2D eigenvalue weighted by Crippen LogP contribution is 2.54. The normalized spacial score (nSPS) is 14.1. The van der Waals surface area contributed by atoms with Crippen LogP contribution in [-0.2, 0) is 14.3 Å². The van der Waals surface area contributed by atoms with E-state index >= 15 is 0 Å². The van der Waals surface area contributed by atoms with E-state index < -0.39 is 48.7 Å². The Hall–Kier alpha value is -1.88. The Kier molecular flexibility index (Phi) is 6.16. The summed E-state index contributed by atoms with van der Waals surface area (Å²) in [5.74, 6) is -23.1. The minimum atomic E-state index is -6.74. The molecule has 0 aromatic heterocycles. The molecular weight excluding hydrogens is 348 g/mol. The maximum Gasteiger partial charge on any atom is 0.473 e. The number of carboxylic acid groups (broad SMARTS) is 1. The molecule has 0 aliphatic rings. The molecule has 23 heavy (non-hydrogen) atoms. The fourth-order valence-corrected chi connectivity index (χ4v) is 1.25. The van der Waals surface area contributed by atoms with Crippen LogP contribution >= 0.6 is 0 Å². The van der Waals surface area contributed by atoms with Crippen LogP contribution in [0.25, 0.3) is 0 Å². The quantitative estimate of drug-likeness (QED) is 0.410. The van der Waals surface area contributed by atoms with Gasteiger partial charge in [0.15, 0.2) is 0 Å². The van der Waals surface area contributed by atoms with Crippen LogP contribution < -0.4 is 0 Å². The number of carbonyl (C=O) groups is 2. The summed E-state index contributed by atoms with van der Waals surface area (Å²) in [5, 5.41) is 8.07. The zero-order valence-corrected chi connectivity index (χ0v) is 11.3. The second-order valence-corrected chi connectivity index (χ2v) is 4.21. The summed E-state index contributed by atoms with van der Waals surface area (Å²) in [6.45, 7) is 0.928.